The van der Waals surface area contributed by atoms with Gasteiger partial charge in [-0.1, -0.05) is 19.4 Å². The van der Waals surface area contributed by atoms with Crippen LogP contribution in [0.15, 0.2) is 29.4 Å². The molecule has 22 heavy (non-hydrogen) atoms. The maximum absolute atomic E-state index is 5.54. The number of aromatic nitrogens is 1. The third-order valence-electron chi connectivity index (χ3n) is 3.10. The Balaban J connectivity index is 2.18. The van der Waals surface area contributed by atoms with Crippen molar-refractivity contribution in [3.63, 3.8) is 0 Å². The molecular formula is C17H30N4O. The van der Waals surface area contributed by atoms with Gasteiger partial charge >= 0.3 is 0 Å². The normalized spacial score (nSPS) is 11.5. The Morgan fingerprint density at radius 2 is 2.05 bits per heavy atom. The first-order valence-corrected chi connectivity index (χ1v) is 8.36. The van der Waals surface area contributed by atoms with Gasteiger partial charge in [0.05, 0.1) is 0 Å². The number of nitrogens with one attached hydrogen (secondary N) is 2. The molecule has 0 saturated heterocycles. The van der Waals surface area contributed by atoms with Crippen molar-refractivity contribution in [2.24, 2.45) is 4.99 Å². The first kappa shape index (κ1) is 18.4. The number of unbranched alkanes of at least 4 members (excludes halogenated alkanes) is 1. The molecule has 0 amide bonds. The molecule has 0 saturated carbocycles. The van der Waals surface area contributed by atoms with E-state index in [1.165, 1.54) is 6.42 Å². The maximum atomic E-state index is 5.54. The first-order valence-electron chi connectivity index (χ1n) is 8.36. The Labute approximate surface area is 134 Å². The molecule has 124 valence electrons. The fourth-order valence-corrected chi connectivity index (χ4v) is 1.90. The molecule has 0 aliphatic carbocycles. The molecule has 5 nitrogen and oxygen atoms in total. The number of aliphatic imine (C=N–C) groups is 1. The number of rotatable bonds is 11. The van der Waals surface area contributed by atoms with Crippen LogP contribution in [-0.4, -0.2) is 43.8 Å². The number of nitrogens with zero attached hydrogens (tertiary/aromatic N) is 2. The molecule has 0 atom stereocenters. The van der Waals surface area contributed by atoms with Crippen molar-refractivity contribution in [2.45, 2.75) is 39.5 Å². The van der Waals surface area contributed by atoms with Crippen LogP contribution in [0.1, 0.15) is 38.8 Å². The third kappa shape index (κ3) is 9.34. The minimum absolute atomic E-state index is 0.783. The van der Waals surface area contributed by atoms with Gasteiger partial charge in [-0.3, -0.25) is 9.98 Å². The molecule has 0 fully saturated rings. The molecule has 0 unspecified atom stereocenters. The van der Waals surface area contributed by atoms with Crippen LogP contribution in [0, 0.1) is 0 Å². The average Bonchev–Trinajstić information content (AvgIpc) is 2.55. The zero-order chi connectivity index (χ0) is 15.9. The minimum atomic E-state index is 0.783. The van der Waals surface area contributed by atoms with E-state index in [4.69, 9.17) is 4.74 Å². The molecule has 5 heteroatoms. The predicted molar refractivity (Wildman–Crippen MR) is 92.3 cm³/mol. The van der Waals surface area contributed by atoms with Crippen LogP contribution in [0.3, 0.4) is 0 Å². The van der Waals surface area contributed by atoms with Crippen molar-refractivity contribution >= 4 is 5.96 Å². The highest BCUT2D eigenvalue weighted by molar-refractivity contribution is 5.79. The Hall–Kier alpha value is -1.62. The van der Waals surface area contributed by atoms with Crippen LogP contribution >= 0.6 is 0 Å². The van der Waals surface area contributed by atoms with Gasteiger partial charge in [-0.15, -0.1) is 0 Å². The quantitative estimate of drug-likeness (QED) is 0.374. The molecule has 1 aromatic heterocycles. The van der Waals surface area contributed by atoms with Gasteiger partial charge in [0.1, 0.15) is 0 Å². The van der Waals surface area contributed by atoms with Crippen LogP contribution in [0.4, 0.5) is 0 Å². The summed E-state index contributed by atoms with van der Waals surface area (Å²) >= 11 is 0. The van der Waals surface area contributed by atoms with Crippen molar-refractivity contribution in [1.82, 2.24) is 15.6 Å². The summed E-state index contributed by atoms with van der Waals surface area (Å²) in [6.07, 6.45) is 6.00. The fraction of sp³-hybridized carbons (Fsp3) is 0.647. The third-order valence-corrected chi connectivity index (χ3v) is 3.10. The number of ether oxygens (including phenoxy) is 1. The van der Waals surface area contributed by atoms with Crippen molar-refractivity contribution in [1.29, 1.82) is 0 Å². The summed E-state index contributed by atoms with van der Waals surface area (Å²) in [6.45, 7) is 8.37. The van der Waals surface area contributed by atoms with Crippen molar-refractivity contribution in [3.05, 3.63) is 30.1 Å². The molecule has 1 heterocycles. The molecule has 0 radical (unpaired) electrons. The van der Waals surface area contributed by atoms with Crippen molar-refractivity contribution < 1.29 is 4.74 Å². The van der Waals surface area contributed by atoms with Crippen LogP contribution in [0.2, 0.25) is 0 Å². The first-order chi connectivity index (χ1) is 10.9. The van der Waals surface area contributed by atoms with E-state index in [9.17, 15) is 0 Å². The molecule has 0 aliphatic heterocycles. The smallest absolute Gasteiger partial charge is 0.191 e. The van der Waals surface area contributed by atoms with Crippen LogP contribution < -0.4 is 10.6 Å². The summed E-state index contributed by atoms with van der Waals surface area (Å²) in [7, 11) is 0. The van der Waals surface area contributed by atoms with Gasteiger partial charge in [0.25, 0.3) is 0 Å². The van der Waals surface area contributed by atoms with Crippen LogP contribution in [0.25, 0.3) is 0 Å². The van der Waals surface area contributed by atoms with E-state index in [1.54, 1.807) is 0 Å². The van der Waals surface area contributed by atoms with Crippen molar-refractivity contribution in [2.75, 3.05) is 32.8 Å². The van der Waals surface area contributed by atoms with E-state index >= 15 is 0 Å². The Morgan fingerprint density at radius 1 is 1.18 bits per heavy atom. The molecule has 1 rings (SSSR count). The number of guanidine groups is 1. The Morgan fingerprint density at radius 3 is 2.77 bits per heavy atom. The summed E-state index contributed by atoms with van der Waals surface area (Å²) in [5.74, 6) is 0.868. The van der Waals surface area contributed by atoms with Gasteiger partial charge in [0.2, 0.25) is 0 Å². The van der Waals surface area contributed by atoms with E-state index in [-0.39, 0.29) is 0 Å². The highest BCUT2D eigenvalue weighted by Crippen LogP contribution is 1.93. The highest BCUT2D eigenvalue weighted by Gasteiger charge is 1.98. The largest absolute Gasteiger partial charge is 0.381 e. The van der Waals surface area contributed by atoms with E-state index < -0.39 is 0 Å². The minimum Gasteiger partial charge on any atom is -0.381 e. The molecule has 0 aliphatic rings. The molecule has 1 aromatic rings. The second-order valence-electron chi connectivity index (χ2n) is 5.08. The Kier molecular flexibility index (Phi) is 10.9. The average molecular weight is 306 g/mol. The van der Waals surface area contributed by atoms with E-state index in [0.29, 0.717) is 0 Å². The molecule has 0 spiro atoms. The topological polar surface area (TPSA) is 58.5 Å². The lowest BCUT2D eigenvalue weighted by Gasteiger charge is -2.11. The monoisotopic (exact) mass is 306 g/mol. The van der Waals surface area contributed by atoms with Gasteiger partial charge in [0, 0.05) is 51.2 Å². The lowest BCUT2D eigenvalue weighted by molar-refractivity contribution is 0.130. The number of hydrogen-bond acceptors (Lipinski definition) is 3. The van der Waals surface area contributed by atoms with Gasteiger partial charge in [-0.25, -0.2) is 0 Å². The summed E-state index contributed by atoms with van der Waals surface area (Å²) in [5.41, 5.74) is 1.09. The summed E-state index contributed by atoms with van der Waals surface area (Å²) < 4.78 is 5.54. The van der Waals surface area contributed by atoms with Crippen LogP contribution in [0.5, 0.6) is 0 Å². The number of hydrogen-bond donors (Lipinski definition) is 2. The zero-order valence-corrected chi connectivity index (χ0v) is 14.0. The van der Waals surface area contributed by atoms with E-state index in [1.807, 2.05) is 24.4 Å². The summed E-state index contributed by atoms with van der Waals surface area (Å²) in [6, 6.07) is 5.99. The lowest BCUT2D eigenvalue weighted by atomic mass is 10.3. The zero-order valence-electron chi connectivity index (χ0n) is 14.0. The summed E-state index contributed by atoms with van der Waals surface area (Å²) in [5, 5.41) is 6.60. The summed E-state index contributed by atoms with van der Waals surface area (Å²) in [4.78, 5) is 8.87. The second kappa shape index (κ2) is 13.1. The van der Waals surface area contributed by atoms with E-state index in [2.05, 4.69) is 34.5 Å². The van der Waals surface area contributed by atoms with Gasteiger partial charge in [0.15, 0.2) is 5.96 Å². The van der Waals surface area contributed by atoms with Gasteiger partial charge < -0.3 is 15.4 Å². The Bertz CT molecular complexity index is 395. The maximum Gasteiger partial charge on any atom is 0.191 e. The van der Waals surface area contributed by atoms with Gasteiger partial charge in [-0.2, -0.15) is 0 Å². The highest BCUT2D eigenvalue weighted by atomic mass is 16.5. The SMILES string of the molecule is CCCCOCCCN=C(NCC)NCCc1ccccn1. The van der Waals surface area contributed by atoms with Gasteiger partial charge in [-0.05, 0) is 31.9 Å². The predicted octanol–water partition coefficient (Wildman–Crippen LogP) is 2.39. The van der Waals surface area contributed by atoms with E-state index in [0.717, 1.165) is 63.8 Å². The molecule has 0 aromatic carbocycles. The second-order valence-corrected chi connectivity index (χ2v) is 5.08. The molecule has 2 N–H and O–H groups in total. The standard InChI is InChI=1S/C17H30N4O/c1-3-5-14-22-15-8-12-20-17(18-4-2)21-13-10-16-9-6-7-11-19-16/h6-7,9,11H,3-5,8,10,12-15H2,1-2H3,(H2,18,20,21). The lowest BCUT2D eigenvalue weighted by Crippen LogP contribution is -2.38. The van der Waals surface area contributed by atoms with Crippen LogP contribution in [-0.2, 0) is 11.2 Å². The molecular weight excluding hydrogens is 276 g/mol. The fourth-order valence-electron chi connectivity index (χ4n) is 1.90. The molecule has 0 bridgehead atoms. The van der Waals surface area contributed by atoms with Crippen molar-refractivity contribution in [3.8, 4) is 0 Å². The number of pyridine rings is 1.